The number of carbonyl (C=O) groups is 2. The van der Waals surface area contributed by atoms with Crippen molar-refractivity contribution in [1.82, 2.24) is 10.2 Å². The number of benzene rings is 2. The molecule has 2 aromatic rings. The lowest BCUT2D eigenvalue weighted by Crippen LogP contribution is -2.52. The molecule has 1 N–H and O–H groups in total. The van der Waals surface area contributed by atoms with Crippen molar-refractivity contribution in [2.45, 2.75) is 52.7 Å². The molecule has 0 radical (unpaired) electrons. The minimum atomic E-state index is -3.80. The fraction of sp³-hybridized carbons (Fsp3) is 0.462. The Bertz CT molecular complexity index is 1120. The highest BCUT2D eigenvalue weighted by Gasteiger charge is 2.30. The van der Waals surface area contributed by atoms with Crippen LogP contribution in [-0.2, 0) is 26.2 Å². The van der Waals surface area contributed by atoms with Crippen molar-refractivity contribution in [3.63, 3.8) is 0 Å². The molecule has 0 bridgehead atoms. The molecule has 0 fully saturated rings. The summed E-state index contributed by atoms with van der Waals surface area (Å²) in [6, 6.07) is 12.8. The topological polar surface area (TPSA) is 105 Å². The van der Waals surface area contributed by atoms with Gasteiger partial charge in [-0.15, -0.1) is 0 Å². The van der Waals surface area contributed by atoms with Gasteiger partial charge in [0.25, 0.3) is 0 Å². The molecule has 2 amide bonds. The van der Waals surface area contributed by atoms with Gasteiger partial charge in [0.1, 0.15) is 24.1 Å². The monoisotopic (exact) mass is 519 g/mol. The standard InChI is InChI=1S/C26H37N3O6S/c1-7-19(3)27-26(31)20(4)28(17-21-10-9-11-24(16-21)34-5)25(30)18-29(36(6,32)33)22-12-14-23(15-13-22)35-8-2/h9-16,19-20H,7-8,17-18H2,1-6H3,(H,27,31). The first-order valence-electron chi connectivity index (χ1n) is 11.9. The van der Waals surface area contributed by atoms with Crippen molar-refractivity contribution in [1.29, 1.82) is 0 Å². The molecule has 0 spiro atoms. The predicted molar refractivity (Wildman–Crippen MR) is 141 cm³/mol. The van der Waals surface area contributed by atoms with Gasteiger partial charge in [-0.25, -0.2) is 8.42 Å². The van der Waals surface area contributed by atoms with Gasteiger partial charge in [-0.1, -0.05) is 19.1 Å². The lowest BCUT2D eigenvalue weighted by molar-refractivity contribution is -0.139. The van der Waals surface area contributed by atoms with Gasteiger partial charge in [-0.05, 0) is 69.2 Å². The predicted octanol–water partition coefficient (Wildman–Crippen LogP) is 3.19. The summed E-state index contributed by atoms with van der Waals surface area (Å²) in [6.45, 7) is 7.45. The van der Waals surface area contributed by atoms with Gasteiger partial charge in [0, 0.05) is 12.6 Å². The van der Waals surface area contributed by atoms with Gasteiger partial charge in [-0.3, -0.25) is 13.9 Å². The summed E-state index contributed by atoms with van der Waals surface area (Å²) < 4.78 is 37.1. The first-order valence-corrected chi connectivity index (χ1v) is 13.8. The summed E-state index contributed by atoms with van der Waals surface area (Å²) in [5.41, 5.74) is 1.07. The summed E-state index contributed by atoms with van der Waals surface area (Å²) in [4.78, 5) is 27.9. The van der Waals surface area contributed by atoms with E-state index >= 15 is 0 Å². The van der Waals surface area contributed by atoms with Crippen molar-refractivity contribution in [3.8, 4) is 11.5 Å². The highest BCUT2D eigenvalue weighted by atomic mass is 32.2. The van der Waals surface area contributed by atoms with Crippen molar-refractivity contribution in [3.05, 3.63) is 54.1 Å². The Morgan fingerprint density at radius 3 is 2.25 bits per heavy atom. The second-order valence-corrected chi connectivity index (χ2v) is 10.5. The van der Waals surface area contributed by atoms with Crippen LogP contribution in [0.15, 0.2) is 48.5 Å². The summed E-state index contributed by atoms with van der Waals surface area (Å²) in [5.74, 6) is 0.385. The zero-order valence-corrected chi connectivity index (χ0v) is 22.7. The molecule has 0 aliphatic rings. The molecule has 9 nitrogen and oxygen atoms in total. The molecule has 2 rings (SSSR count). The quantitative estimate of drug-likeness (QED) is 0.436. The number of hydrogen-bond acceptors (Lipinski definition) is 6. The van der Waals surface area contributed by atoms with Gasteiger partial charge in [0.2, 0.25) is 21.8 Å². The lowest BCUT2D eigenvalue weighted by atomic mass is 10.1. The van der Waals surface area contributed by atoms with E-state index in [9.17, 15) is 18.0 Å². The van der Waals surface area contributed by atoms with E-state index in [2.05, 4.69) is 5.32 Å². The van der Waals surface area contributed by atoms with Gasteiger partial charge < -0.3 is 19.7 Å². The minimum Gasteiger partial charge on any atom is -0.497 e. The number of nitrogens with zero attached hydrogens (tertiary/aromatic N) is 2. The number of rotatable bonds is 13. The molecule has 0 aromatic heterocycles. The van der Waals surface area contributed by atoms with Crippen LogP contribution >= 0.6 is 0 Å². The molecule has 0 aliphatic carbocycles. The molecule has 36 heavy (non-hydrogen) atoms. The Morgan fingerprint density at radius 1 is 1.03 bits per heavy atom. The third-order valence-corrected chi connectivity index (χ3v) is 6.91. The highest BCUT2D eigenvalue weighted by molar-refractivity contribution is 7.92. The first kappa shape index (κ1) is 29.0. The Kier molecular flexibility index (Phi) is 10.6. The molecule has 10 heteroatoms. The summed E-state index contributed by atoms with van der Waals surface area (Å²) >= 11 is 0. The maximum absolute atomic E-state index is 13.6. The number of ether oxygens (including phenoxy) is 2. The average molecular weight is 520 g/mol. The zero-order chi connectivity index (χ0) is 26.9. The maximum Gasteiger partial charge on any atom is 0.244 e. The molecule has 2 aromatic carbocycles. The van der Waals surface area contributed by atoms with Crippen LogP contribution < -0.4 is 19.1 Å². The second kappa shape index (κ2) is 13.2. The maximum atomic E-state index is 13.6. The van der Waals surface area contributed by atoms with E-state index in [1.807, 2.05) is 26.8 Å². The van der Waals surface area contributed by atoms with Crippen molar-refractivity contribution in [2.24, 2.45) is 0 Å². The van der Waals surface area contributed by atoms with Crippen LogP contribution in [0.25, 0.3) is 0 Å². The number of carbonyl (C=O) groups excluding carboxylic acids is 2. The lowest BCUT2D eigenvalue weighted by Gasteiger charge is -2.32. The third-order valence-electron chi connectivity index (χ3n) is 5.77. The normalized spacial score (nSPS) is 12.8. The average Bonchev–Trinajstić information content (AvgIpc) is 2.85. The van der Waals surface area contributed by atoms with Crippen LogP contribution in [0.5, 0.6) is 11.5 Å². The Labute approximate surface area is 214 Å². The summed E-state index contributed by atoms with van der Waals surface area (Å²) in [6.07, 6.45) is 1.78. The SMILES string of the molecule is CCOc1ccc(N(CC(=O)N(Cc2cccc(OC)c2)C(C)C(=O)NC(C)CC)S(C)(=O)=O)cc1. The molecule has 0 aliphatic heterocycles. The van der Waals surface area contributed by atoms with Crippen LogP contribution in [0.3, 0.4) is 0 Å². The van der Waals surface area contributed by atoms with Crippen molar-refractivity contribution < 1.29 is 27.5 Å². The van der Waals surface area contributed by atoms with Crippen molar-refractivity contribution in [2.75, 3.05) is 30.8 Å². The molecular formula is C26H37N3O6S. The van der Waals surface area contributed by atoms with Crippen molar-refractivity contribution >= 4 is 27.5 Å². The third kappa shape index (κ3) is 8.15. The van der Waals surface area contributed by atoms with E-state index in [0.29, 0.717) is 23.8 Å². The molecule has 2 unspecified atom stereocenters. The van der Waals surface area contributed by atoms with Gasteiger partial charge in [0.05, 0.1) is 25.7 Å². The van der Waals surface area contributed by atoms with Gasteiger partial charge >= 0.3 is 0 Å². The number of methoxy groups -OCH3 is 1. The van der Waals surface area contributed by atoms with Crippen LogP contribution in [0.1, 0.15) is 39.7 Å². The molecule has 198 valence electrons. The molecular weight excluding hydrogens is 482 g/mol. The van der Waals surface area contributed by atoms with Crippen LogP contribution in [0.2, 0.25) is 0 Å². The van der Waals surface area contributed by atoms with Crippen LogP contribution in [0.4, 0.5) is 5.69 Å². The number of amides is 2. The summed E-state index contributed by atoms with van der Waals surface area (Å²) in [7, 11) is -2.25. The van der Waals surface area contributed by atoms with E-state index in [0.717, 1.165) is 22.5 Å². The largest absolute Gasteiger partial charge is 0.497 e. The van der Waals surface area contributed by atoms with Gasteiger partial charge in [-0.2, -0.15) is 0 Å². The van der Waals surface area contributed by atoms with E-state index in [1.54, 1.807) is 56.5 Å². The van der Waals surface area contributed by atoms with Crippen LogP contribution in [-0.4, -0.2) is 63.7 Å². The molecule has 2 atom stereocenters. The summed E-state index contributed by atoms with van der Waals surface area (Å²) in [5, 5.41) is 2.90. The molecule has 0 heterocycles. The van der Waals surface area contributed by atoms with Crippen LogP contribution in [0, 0.1) is 0 Å². The van der Waals surface area contributed by atoms with E-state index in [-0.39, 0.29) is 18.5 Å². The molecule has 0 saturated carbocycles. The highest BCUT2D eigenvalue weighted by Crippen LogP contribution is 2.23. The van der Waals surface area contributed by atoms with E-state index in [4.69, 9.17) is 9.47 Å². The number of sulfonamides is 1. The minimum absolute atomic E-state index is 0.0647. The molecule has 0 saturated heterocycles. The Morgan fingerprint density at radius 2 is 1.69 bits per heavy atom. The van der Waals surface area contributed by atoms with Gasteiger partial charge in [0.15, 0.2) is 0 Å². The smallest absolute Gasteiger partial charge is 0.244 e. The Hall–Kier alpha value is -3.27. The number of nitrogens with one attached hydrogen (secondary N) is 1. The second-order valence-electron chi connectivity index (χ2n) is 8.56. The van der Waals surface area contributed by atoms with E-state index in [1.165, 1.54) is 4.90 Å². The first-order chi connectivity index (χ1) is 17.0. The number of hydrogen-bond donors (Lipinski definition) is 1. The number of anilines is 1. The van der Waals surface area contributed by atoms with E-state index < -0.39 is 28.5 Å². The Balaban J connectivity index is 2.38. The fourth-order valence-corrected chi connectivity index (χ4v) is 4.35. The fourth-order valence-electron chi connectivity index (χ4n) is 3.50. The zero-order valence-electron chi connectivity index (χ0n) is 21.9.